The van der Waals surface area contributed by atoms with Gasteiger partial charge in [-0.3, -0.25) is 9.69 Å². The molecule has 110 valence electrons. The number of piperidine rings is 1. The average Bonchev–Trinajstić information content (AvgIpc) is 2.37. The van der Waals surface area contributed by atoms with Gasteiger partial charge in [0.25, 0.3) is 0 Å². The molecule has 1 aromatic rings. The number of nitrogens with zero attached hydrogens (tertiary/aromatic N) is 1. The molecule has 1 unspecified atom stereocenters. The number of carbonyl (C=O) groups excluding carboxylic acids is 1. The largest absolute Gasteiger partial charge is 0.573 e. The molecule has 1 heterocycles. The van der Waals surface area contributed by atoms with E-state index in [9.17, 15) is 18.0 Å². The third kappa shape index (κ3) is 3.72. The van der Waals surface area contributed by atoms with Crippen molar-refractivity contribution in [3.8, 4) is 5.75 Å². The Morgan fingerprint density at radius 3 is 2.40 bits per heavy atom. The number of carbonyl (C=O) groups is 1. The molecule has 1 aliphatic heterocycles. The fraction of sp³-hybridized carbons (Fsp3) is 0.500. The Morgan fingerprint density at radius 1 is 1.20 bits per heavy atom. The Morgan fingerprint density at radius 2 is 1.80 bits per heavy atom. The van der Waals surface area contributed by atoms with Gasteiger partial charge in [-0.25, -0.2) is 0 Å². The lowest BCUT2D eigenvalue weighted by atomic mass is 10.0. The van der Waals surface area contributed by atoms with E-state index in [0.717, 1.165) is 0 Å². The van der Waals surface area contributed by atoms with E-state index in [1.165, 1.54) is 12.1 Å². The molecule has 0 aromatic heterocycles. The molecular formula is C14H16F3NO2. The van der Waals surface area contributed by atoms with Crippen molar-refractivity contribution in [2.45, 2.75) is 32.2 Å². The fourth-order valence-electron chi connectivity index (χ4n) is 2.40. The van der Waals surface area contributed by atoms with Crippen molar-refractivity contribution >= 4 is 5.78 Å². The van der Waals surface area contributed by atoms with E-state index in [2.05, 4.69) is 4.74 Å². The number of likely N-dealkylation sites (tertiary alicyclic amines) is 1. The number of para-hydroxylation sites is 1. The quantitative estimate of drug-likeness (QED) is 0.854. The van der Waals surface area contributed by atoms with E-state index in [1.54, 1.807) is 12.1 Å². The molecule has 20 heavy (non-hydrogen) atoms. The maximum absolute atomic E-state index is 12.4. The third-order valence-electron chi connectivity index (χ3n) is 3.50. The van der Waals surface area contributed by atoms with Crippen molar-refractivity contribution in [2.24, 2.45) is 0 Å². The molecule has 3 nitrogen and oxygen atoms in total. The second-order valence-electron chi connectivity index (χ2n) is 4.84. The van der Waals surface area contributed by atoms with Crippen molar-refractivity contribution in [1.82, 2.24) is 4.90 Å². The van der Waals surface area contributed by atoms with Gasteiger partial charge in [0, 0.05) is 37.5 Å². The van der Waals surface area contributed by atoms with E-state index in [-0.39, 0.29) is 17.6 Å². The average molecular weight is 287 g/mol. The molecule has 0 spiro atoms. The van der Waals surface area contributed by atoms with Crippen molar-refractivity contribution in [3.05, 3.63) is 29.8 Å². The zero-order valence-corrected chi connectivity index (χ0v) is 11.1. The lowest BCUT2D eigenvalue weighted by molar-refractivity contribution is -0.275. The normalized spacial score (nSPS) is 18.9. The predicted octanol–water partition coefficient (Wildman–Crippen LogP) is 3.31. The Labute approximate surface area is 115 Å². The van der Waals surface area contributed by atoms with Crippen LogP contribution in [0.3, 0.4) is 0 Å². The van der Waals surface area contributed by atoms with Gasteiger partial charge in [-0.2, -0.15) is 0 Å². The summed E-state index contributed by atoms with van der Waals surface area (Å²) >= 11 is 0. The molecule has 0 bridgehead atoms. The minimum absolute atomic E-state index is 0.176. The van der Waals surface area contributed by atoms with Crippen LogP contribution in [0.15, 0.2) is 24.3 Å². The lowest BCUT2D eigenvalue weighted by Gasteiger charge is -2.32. The number of hydrogen-bond donors (Lipinski definition) is 0. The topological polar surface area (TPSA) is 29.5 Å². The summed E-state index contributed by atoms with van der Waals surface area (Å²) in [5.41, 5.74) is 0.485. The van der Waals surface area contributed by atoms with Gasteiger partial charge in [0.05, 0.1) is 0 Å². The molecular weight excluding hydrogens is 271 g/mol. The molecule has 1 aliphatic rings. The minimum atomic E-state index is -4.70. The Balaban J connectivity index is 2.17. The number of hydrogen-bond acceptors (Lipinski definition) is 3. The molecule has 1 saturated heterocycles. The predicted molar refractivity (Wildman–Crippen MR) is 67.4 cm³/mol. The van der Waals surface area contributed by atoms with Crippen LogP contribution >= 0.6 is 0 Å². The molecule has 0 saturated carbocycles. The van der Waals surface area contributed by atoms with Crippen LogP contribution in [0.4, 0.5) is 13.2 Å². The van der Waals surface area contributed by atoms with Gasteiger partial charge in [-0.15, -0.1) is 13.2 Å². The third-order valence-corrected chi connectivity index (χ3v) is 3.50. The first-order valence-corrected chi connectivity index (χ1v) is 6.47. The number of ether oxygens (including phenoxy) is 1. The van der Waals surface area contributed by atoms with Gasteiger partial charge >= 0.3 is 6.36 Å². The summed E-state index contributed by atoms with van der Waals surface area (Å²) in [6, 6.07) is 5.92. The van der Waals surface area contributed by atoms with Crippen molar-refractivity contribution in [2.75, 3.05) is 13.1 Å². The van der Waals surface area contributed by atoms with Crippen molar-refractivity contribution < 1.29 is 22.7 Å². The summed E-state index contributed by atoms with van der Waals surface area (Å²) in [5, 5.41) is 0. The number of Topliss-reactive ketones (excluding diaryl/α,β-unsaturated/α-hetero) is 1. The minimum Gasteiger partial charge on any atom is -0.405 e. The van der Waals surface area contributed by atoms with Gasteiger partial charge < -0.3 is 4.74 Å². The second kappa shape index (κ2) is 5.83. The Kier molecular flexibility index (Phi) is 4.32. The number of halogens is 3. The highest BCUT2D eigenvalue weighted by atomic mass is 19.4. The monoisotopic (exact) mass is 287 g/mol. The van der Waals surface area contributed by atoms with Gasteiger partial charge in [0.1, 0.15) is 11.5 Å². The number of rotatable bonds is 3. The van der Waals surface area contributed by atoms with Gasteiger partial charge in [0.2, 0.25) is 0 Å². The summed E-state index contributed by atoms with van der Waals surface area (Å²) in [7, 11) is 0. The van der Waals surface area contributed by atoms with Crippen molar-refractivity contribution in [1.29, 1.82) is 0 Å². The lowest BCUT2D eigenvalue weighted by Crippen LogP contribution is -2.36. The summed E-state index contributed by atoms with van der Waals surface area (Å²) in [5.74, 6) is 0.0256. The number of ketones is 1. The van der Waals surface area contributed by atoms with Crippen LogP contribution in [0.5, 0.6) is 5.75 Å². The van der Waals surface area contributed by atoms with E-state index in [0.29, 0.717) is 31.5 Å². The Hall–Kier alpha value is -1.56. The molecule has 1 aromatic carbocycles. The molecule has 0 amide bonds. The maximum Gasteiger partial charge on any atom is 0.573 e. The van der Waals surface area contributed by atoms with Gasteiger partial charge in [-0.1, -0.05) is 18.2 Å². The molecule has 0 aliphatic carbocycles. The molecule has 1 atom stereocenters. The summed E-state index contributed by atoms with van der Waals surface area (Å²) in [4.78, 5) is 13.2. The van der Waals surface area contributed by atoms with E-state index in [1.807, 2.05) is 11.8 Å². The van der Waals surface area contributed by atoms with Crippen LogP contribution in [0.25, 0.3) is 0 Å². The van der Waals surface area contributed by atoms with Crippen LogP contribution in [0.2, 0.25) is 0 Å². The molecule has 0 radical (unpaired) electrons. The highest BCUT2D eigenvalue weighted by molar-refractivity contribution is 5.79. The first-order valence-electron chi connectivity index (χ1n) is 6.47. The summed E-state index contributed by atoms with van der Waals surface area (Å²) < 4.78 is 41.3. The van der Waals surface area contributed by atoms with Crippen LogP contribution in [0.1, 0.15) is 31.4 Å². The van der Waals surface area contributed by atoms with Crippen molar-refractivity contribution in [3.63, 3.8) is 0 Å². The van der Waals surface area contributed by atoms with E-state index >= 15 is 0 Å². The van der Waals surface area contributed by atoms with Gasteiger partial charge in [0.15, 0.2) is 0 Å². The van der Waals surface area contributed by atoms with E-state index in [4.69, 9.17) is 0 Å². The fourth-order valence-corrected chi connectivity index (χ4v) is 2.40. The van der Waals surface area contributed by atoms with Crippen LogP contribution in [-0.2, 0) is 4.79 Å². The molecule has 6 heteroatoms. The number of alkyl halides is 3. The van der Waals surface area contributed by atoms with Crippen LogP contribution in [-0.4, -0.2) is 30.1 Å². The summed E-state index contributed by atoms with van der Waals surface area (Å²) in [6.07, 6.45) is -3.80. The highest BCUT2D eigenvalue weighted by Gasteiger charge is 2.33. The summed E-state index contributed by atoms with van der Waals surface area (Å²) in [6.45, 7) is 2.97. The zero-order valence-electron chi connectivity index (χ0n) is 11.1. The highest BCUT2D eigenvalue weighted by Crippen LogP contribution is 2.33. The SMILES string of the molecule is CC(c1ccccc1OC(F)(F)F)N1CCC(=O)CC1. The second-order valence-corrected chi connectivity index (χ2v) is 4.84. The van der Waals surface area contributed by atoms with Crippen LogP contribution < -0.4 is 4.74 Å². The smallest absolute Gasteiger partial charge is 0.405 e. The molecule has 1 fully saturated rings. The standard InChI is InChI=1S/C14H16F3NO2/c1-10(18-8-6-11(19)7-9-18)12-4-2-3-5-13(12)20-14(15,16)17/h2-5,10H,6-9H2,1H3. The maximum atomic E-state index is 12.4. The van der Waals surface area contributed by atoms with Gasteiger partial charge in [-0.05, 0) is 13.0 Å². The zero-order chi connectivity index (χ0) is 14.8. The first-order chi connectivity index (χ1) is 9.37. The van der Waals surface area contributed by atoms with Crippen LogP contribution in [0, 0.1) is 0 Å². The Bertz CT molecular complexity index is 478. The first kappa shape index (κ1) is 14.8. The number of benzene rings is 1. The van der Waals surface area contributed by atoms with E-state index < -0.39 is 6.36 Å². The molecule has 2 rings (SSSR count). The molecule has 0 N–H and O–H groups in total.